The van der Waals surface area contributed by atoms with E-state index in [-0.39, 0.29) is 0 Å². The van der Waals surface area contributed by atoms with Gasteiger partial charge in [-0.25, -0.2) is 0 Å². The van der Waals surface area contributed by atoms with Gasteiger partial charge in [0.25, 0.3) is 0 Å². The number of hydrogen-bond acceptors (Lipinski definition) is 3. The van der Waals surface area contributed by atoms with Gasteiger partial charge in [0.1, 0.15) is 0 Å². The molecule has 0 saturated heterocycles. The molecule has 0 amide bonds. The molecule has 21 heavy (non-hydrogen) atoms. The highest BCUT2D eigenvalue weighted by molar-refractivity contribution is 5.52. The van der Waals surface area contributed by atoms with Crippen molar-refractivity contribution in [3.05, 3.63) is 68.5 Å². The van der Waals surface area contributed by atoms with Crippen molar-refractivity contribution in [2.24, 2.45) is 0 Å². The van der Waals surface area contributed by atoms with Gasteiger partial charge in [0.05, 0.1) is 4.92 Å². The summed E-state index contributed by atoms with van der Waals surface area (Å²) in [6, 6.07) is 8.02. The van der Waals surface area contributed by atoms with Crippen molar-refractivity contribution in [1.82, 2.24) is 0 Å². The Kier molecular flexibility index (Phi) is 4.21. The van der Waals surface area contributed by atoms with E-state index in [0.29, 0.717) is 12.2 Å². The molecule has 2 rings (SSSR count). The van der Waals surface area contributed by atoms with Crippen molar-refractivity contribution in [2.45, 2.75) is 27.3 Å². The summed E-state index contributed by atoms with van der Waals surface area (Å²) in [7, 11) is 0. The van der Waals surface area contributed by atoms with Crippen LogP contribution in [0.15, 0.2) is 30.3 Å². The number of halogens is 1. The fourth-order valence-corrected chi connectivity index (χ4v) is 2.17. The summed E-state index contributed by atoms with van der Waals surface area (Å²) in [4.78, 5) is 10.0. The lowest BCUT2D eigenvalue weighted by molar-refractivity contribution is -0.387. The van der Waals surface area contributed by atoms with E-state index in [1.165, 1.54) is 23.3 Å². The summed E-state index contributed by atoms with van der Waals surface area (Å²) < 4.78 is 13.3. The molecule has 0 heterocycles. The topological polar surface area (TPSA) is 55.2 Å². The van der Waals surface area contributed by atoms with E-state index in [2.05, 4.69) is 24.4 Å². The molecule has 110 valence electrons. The summed E-state index contributed by atoms with van der Waals surface area (Å²) in [5, 5.41) is 13.8. The SMILES string of the molecule is Cc1cc(C)c(CNc2ccc(F)c([N+](=O)[O-])c2)cc1C. The number of benzene rings is 2. The fraction of sp³-hybridized carbons (Fsp3) is 0.250. The number of nitro benzene ring substituents is 1. The molecule has 5 heteroatoms. The van der Waals surface area contributed by atoms with Crippen LogP contribution in [0, 0.1) is 36.7 Å². The zero-order valence-electron chi connectivity index (χ0n) is 12.2. The zero-order chi connectivity index (χ0) is 15.6. The Morgan fingerprint density at radius 2 is 1.76 bits per heavy atom. The highest BCUT2D eigenvalue weighted by Gasteiger charge is 2.14. The van der Waals surface area contributed by atoms with Crippen molar-refractivity contribution in [3.8, 4) is 0 Å². The standard InChI is InChI=1S/C16H17FN2O2/c1-10-6-12(3)13(7-11(10)2)9-18-14-4-5-15(17)16(8-14)19(20)21/h4-8,18H,9H2,1-3H3. The Balaban J connectivity index is 2.19. The molecule has 0 aliphatic carbocycles. The van der Waals surface area contributed by atoms with E-state index in [1.54, 1.807) is 0 Å². The molecule has 0 fully saturated rings. The number of nitrogens with one attached hydrogen (secondary N) is 1. The number of rotatable bonds is 4. The van der Waals surface area contributed by atoms with Crippen molar-refractivity contribution in [3.63, 3.8) is 0 Å². The first kappa shape index (κ1) is 15.0. The van der Waals surface area contributed by atoms with Crippen LogP contribution in [0.2, 0.25) is 0 Å². The maximum Gasteiger partial charge on any atom is 0.306 e. The van der Waals surface area contributed by atoms with Gasteiger partial charge in [0.2, 0.25) is 5.82 Å². The van der Waals surface area contributed by atoms with Gasteiger partial charge in [-0.1, -0.05) is 12.1 Å². The van der Waals surface area contributed by atoms with Gasteiger partial charge in [-0.3, -0.25) is 10.1 Å². The van der Waals surface area contributed by atoms with E-state index in [1.807, 2.05) is 13.8 Å². The summed E-state index contributed by atoms with van der Waals surface area (Å²) in [6.07, 6.45) is 0. The molecule has 0 atom stereocenters. The lowest BCUT2D eigenvalue weighted by Gasteiger charge is -2.12. The Morgan fingerprint density at radius 1 is 1.10 bits per heavy atom. The van der Waals surface area contributed by atoms with Crippen LogP contribution < -0.4 is 5.32 Å². The molecule has 0 aromatic heterocycles. The van der Waals surface area contributed by atoms with Gasteiger partial charge >= 0.3 is 5.69 Å². The highest BCUT2D eigenvalue weighted by atomic mass is 19.1. The number of nitro groups is 1. The maximum absolute atomic E-state index is 13.3. The Bertz CT molecular complexity index is 699. The van der Waals surface area contributed by atoms with Crippen LogP contribution in [0.1, 0.15) is 22.3 Å². The molecular weight excluding hydrogens is 271 g/mol. The minimum absolute atomic E-state index is 0.517. The lowest BCUT2D eigenvalue weighted by atomic mass is 10.0. The van der Waals surface area contributed by atoms with Gasteiger partial charge in [-0.2, -0.15) is 4.39 Å². The number of aryl methyl sites for hydroxylation is 3. The first-order chi connectivity index (χ1) is 9.88. The van der Waals surface area contributed by atoms with Gasteiger partial charge in [-0.15, -0.1) is 0 Å². The minimum Gasteiger partial charge on any atom is -0.381 e. The Morgan fingerprint density at radius 3 is 2.43 bits per heavy atom. The smallest absolute Gasteiger partial charge is 0.306 e. The van der Waals surface area contributed by atoms with E-state index in [4.69, 9.17) is 0 Å². The lowest BCUT2D eigenvalue weighted by Crippen LogP contribution is -2.03. The maximum atomic E-state index is 13.3. The first-order valence-electron chi connectivity index (χ1n) is 6.63. The Labute approximate surface area is 122 Å². The quantitative estimate of drug-likeness (QED) is 0.675. The average molecular weight is 288 g/mol. The normalized spacial score (nSPS) is 10.5. The molecule has 0 spiro atoms. The van der Waals surface area contributed by atoms with Crippen molar-refractivity contribution >= 4 is 11.4 Å². The van der Waals surface area contributed by atoms with E-state index in [0.717, 1.165) is 17.2 Å². The van der Waals surface area contributed by atoms with Crippen molar-refractivity contribution in [2.75, 3.05) is 5.32 Å². The summed E-state index contributed by atoms with van der Waals surface area (Å²) in [5.74, 6) is -0.826. The van der Waals surface area contributed by atoms with E-state index in [9.17, 15) is 14.5 Å². The summed E-state index contributed by atoms with van der Waals surface area (Å²) >= 11 is 0. The predicted octanol–water partition coefficient (Wildman–Crippen LogP) is 4.27. The molecule has 4 nitrogen and oxygen atoms in total. The van der Waals surface area contributed by atoms with Gasteiger partial charge in [0, 0.05) is 18.3 Å². The van der Waals surface area contributed by atoms with E-state index < -0.39 is 16.4 Å². The third-order valence-electron chi connectivity index (χ3n) is 3.58. The second kappa shape index (κ2) is 5.91. The van der Waals surface area contributed by atoms with Crippen molar-refractivity contribution < 1.29 is 9.31 Å². The van der Waals surface area contributed by atoms with Crippen molar-refractivity contribution in [1.29, 1.82) is 0 Å². The van der Waals surface area contributed by atoms with Crippen LogP contribution in [0.4, 0.5) is 15.8 Å². The first-order valence-corrected chi connectivity index (χ1v) is 6.63. The van der Waals surface area contributed by atoms with Crippen LogP contribution in [0.3, 0.4) is 0 Å². The average Bonchev–Trinajstić information content (AvgIpc) is 2.42. The fourth-order valence-electron chi connectivity index (χ4n) is 2.17. The van der Waals surface area contributed by atoms with Crippen LogP contribution in [0.5, 0.6) is 0 Å². The minimum atomic E-state index is -0.826. The number of nitrogens with zero attached hydrogens (tertiary/aromatic N) is 1. The molecule has 0 unspecified atom stereocenters. The largest absolute Gasteiger partial charge is 0.381 e. The molecule has 0 bridgehead atoms. The summed E-state index contributed by atoms with van der Waals surface area (Å²) in [5.41, 5.74) is 4.71. The van der Waals surface area contributed by atoms with Crippen LogP contribution in [-0.4, -0.2) is 4.92 Å². The second-order valence-electron chi connectivity index (χ2n) is 5.14. The molecular formula is C16H17FN2O2. The Hall–Kier alpha value is -2.43. The zero-order valence-corrected chi connectivity index (χ0v) is 12.2. The monoisotopic (exact) mass is 288 g/mol. The van der Waals surface area contributed by atoms with Crippen LogP contribution in [-0.2, 0) is 6.54 Å². The van der Waals surface area contributed by atoms with Crippen LogP contribution >= 0.6 is 0 Å². The summed E-state index contributed by atoms with van der Waals surface area (Å²) in [6.45, 7) is 6.66. The molecule has 0 radical (unpaired) electrons. The number of anilines is 1. The molecule has 0 saturated carbocycles. The molecule has 0 aliphatic heterocycles. The molecule has 2 aromatic rings. The second-order valence-corrected chi connectivity index (χ2v) is 5.14. The van der Waals surface area contributed by atoms with Gasteiger partial charge < -0.3 is 5.32 Å². The third-order valence-corrected chi connectivity index (χ3v) is 3.58. The third kappa shape index (κ3) is 3.37. The van der Waals surface area contributed by atoms with Gasteiger partial charge in [0.15, 0.2) is 0 Å². The number of hydrogen-bond donors (Lipinski definition) is 1. The molecule has 2 aromatic carbocycles. The predicted molar refractivity (Wildman–Crippen MR) is 81.0 cm³/mol. The van der Waals surface area contributed by atoms with E-state index >= 15 is 0 Å². The highest BCUT2D eigenvalue weighted by Crippen LogP contribution is 2.23. The van der Waals surface area contributed by atoms with Gasteiger partial charge in [-0.05, 0) is 55.2 Å². The molecule has 0 aliphatic rings. The van der Waals surface area contributed by atoms with Crippen LogP contribution in [0.25, 0.3) is 0 Å². The molecule has 1 N–H and O–H groups in total.